The Kier molecular flexibility index (Phi) is 4.76. The maximum atomic E-state index is 2.47. The molecule has 138 valence electrons. The van der Waals surface area contributed by atoms with E-state index in [1.807, 2.05) is 0 Å². The second kappa shape index (κ2) is 7.36. The number of benzene rings is 3. The highest BCUT2D eigenvalue weighted by molar-refractivity contribution is 5.63. The number of aryl methyl sites for hydroxylation is 3. The summed E-state index contributed by atoms with van der Waals surface area (Å²) in [7, 11) is 0. The van der Waals surface area contributed by atoms with Crippen molar-refractivity contribution in [3.05, 3.63) is 89.5 Å². The molecular formula is C24H27N3. The normalized spacial score (nSPS) is 14.6. The summed E-state index contributed by atoms with van der Waals surface area (Å²) in [5.74, 6) is 0. The number of hydrogen-bond acceptors (Lipinski definition) is 3. The van der Waals surface area contributed by atoms with Crippen molar-refractivity contribution in [3.63, 3.8) is 0 Å². The van der Waals surface area contributed by atoms with Gasteiger partial charge in [0.25, 0.3) is 0 Å². The molecular weight excluding hydrogens is 330 g/mol. The Labute approximate surface area is 162 Å². The van der Waals surface area contributed by atoms with E-state index in [2.05, 4.69) is 108 Å². The molecule has 1 aliphatic rings. The lowest BCUT2D eigenvalue weighted by molar-refractivity contribution is 0.608. The first-order valence-corrected chi connectivity index (χ1v) is 9.55. The second-order valence-corrected chi connectivity index (χ2v) is 7.40. The van der Waals surface area contributed by atoms with E-state index >= 15 is 0 Å². The first kappa shape index (κ1) is 17.5. The molecule has 3 heteroatoms. The summed E-state index contributed by atoms with van der Waals surface area (Å²) in [6.45, 7) is 9.24. The van der Waals surface area contributed by atoms with Crippen LogP contribution in [-0.2, 0) is 0 Å². The molecule has 4 rings (SSSR count). The van der Waals surface area contributed by atoms with Gasteiger partial charge >= 0.3 is 0 Å². The summed E-state index contributed by atoms with van der Waals surface area (Å²) in [6, 6.07) is 26.0. The first-order chi connectivity index (χ1) is 13.1. The zero-order valence-corrected chi connectivity index (χ0v) is 16.4. The average molecular weight is 358 g/mol. The van der Waals surface area contributed by atoms with Crippen molar-refractivity contribution in [1.82, 2.24) is 0 Å². The maximum absolute atomic E-state index is 2.47. The van der Waals surface area contributed by atoms with E-state index < -0.39 is 0 Å². The third kappa shape index (κ3) is 3.50. The van der Waals surface area contributed by atoms with Gasteiger partial charge in [-0.15, -0.1) is 0 Å². The third-order valence-electron chi connectivity index (χ3n) is 5.39. The Morgan fingerprint density at radius 1 is 0.444 bits per heavy atom. The lowest BCUT2D eigenvalue weighted by Crippen LogP contribution is -2.56. The van der Waals surface area contributed by atoms with Crippen LogP contribution in [0.15, 0.2) is 72.8 Å². The van der Waals surface area contributed by atoms with Crippen LogP contribution in [-0.4, -0.2) is 20.0 Å². The number of para-hydroxylation sites is 3. The molecule has 0 unspecified atom stereocenters. The topological polar surface area (TPSA) is 9.72 Å². The van der Waals surface area contributed by atoms with Crippen LogP contribution < -0.4 is 14.7 Å². The van der Waals surface area contributed by atoms with Gasteiger partial charge in [0.15, 0.2) is 0 Å². The molecule has 0 N–H and O–H groups in total. The fraction of sp³-hybridized carbons (Fsp3) is 0.250. The van der Waals surface area contributed by atoms with Gasteiger partial charge in [-0.05, 0) is 55.7 Å². The van der Waals surface area contributed by atoms with Crippen molar-refractivity contribution in [3.8, 4) is 0 Å². The zero-order chi connectivity index (χ0) is 18.8. The lowest BCUT2D eigenvalue weighted by Gasteiger charge is -2.46. The van der Waals surface area contributed by atoms with Gasteiger partial charge in [0.2, 0.25) is 0 Å². The van der Waals surface area contributed by atoms with Crippen molar-refractivity contribution in [2.75, 3.05) is 34.7 Å². The lowest BCUT2D eigenvalue weighted by atomic mass is 10.1. The van der Waals surface area contributed by atoms with Crippen LogP contribution in [0.1, 0.15) is 16.7 Å². The Morgan fingerprint density at radius 3 is 0.963 bits per heavy atom. The summed E-state index contributed by atoms with van der Waals surface area (Å²) in [6.07, 6.45) is 0. The van der Waals surface area contributed by atoms with E-state index in [4.69, 9.17) is 0 Å². The zero-order valence-electron chi connectivity index (χ0n) is 16.4. The van der Waals surface area contributed by atoms with Crippen LogP contribution in [0.2, 0.25) is 0 Å². The van der Waals surface area contributed by atoms with Crippen LogP contribution in [0.25, 0.3) is 0 Å². The Bertz CT molecular complexity index is 806. The van der Waals surface area contributed by atoms with E-state index in [0.717, 1.165) is 20.0 Å². The van der Waals surface area contributed by atoms with Crippen LogP contribution in [0.4, 0.5) is 17.1 Å². The number of hydrogen-bond donors (Lipinski definition) is 0. The molecule has 0 bridgehead atoms. The van der Waals surface area contributed by atoms with Crippen LogP contribution >= 0.6 is 0 Å². The van der Waals surface area contributed by atoms with Gasteiger partial charge in [0, 0.05) is 17.1 Å². The highest BCUT2D eigenvalue weighted by Gasteiger charge is 2.26. The largest absolute Gasteiger partial charge is 0.336 e. The molecule has 0 amide bonds. The number of anilines is 3. The van der Waals surface area contributed by atoms with Gasteiger partial charge in [0.05, 0.1) is 20.0 Å². The minimum Gasteiger partial charge on any atom is -0.336 e. The Balaban J connectivity index is 1.74. The van der Waals surface area contributed by atoms with Gasteiger partial charge in [-0.25, -0.2) is 0 Å². The molecule has 27 heavy (non-hydrogen) atoms. The Hall–Kier alpha value is -2.94. The van der Waals surface area contributed by atoms with E-state index in [0.29, 0.717) is 0 Å². The smallest absolute Gasteiger partial charge is 0.0937 e. The van der Waals surface area contributed by atoms with Crippen molar-refractivity contribution in [2.45, 2.75) is 20.8 Å². The third-order valence-corrected chi connectivity index (χ3v) is 5.39. The number of rotatable bonds is 3. The predicted molar refractivity (Wildman–Crippen MR) is 116 cm³/mol. The highest BCUT2D eigenvalue weighted by Crippen LogP contribution is 2.30. The molecule has 1 heterocycles. The van der Waals surface area contributed by atoms with Crippen molar-refractivity contribution in [1.29, 1.82) is 0 Å². The second-order valence-electron chi connectivity index (χ2n) is 7.40. The summed E-state index contributed by atoms with van der Waals surface area (Å²) in [4.78, 5) is 7.41. The van der Waals surface area contributed by atoms with Gasteiger partial charge < -0.3 is 14.7 Å². The van der Waals surface area contributed by atoms with Crippen molar-refractivity contribution < 1.29 is 0 Å². The summed E-state index contributed by atoms with van der Waals surface area (Å²) < 4.78 is 0. The molecule has 0 radical (unpaired) electrons. The standard InChI is InChI=1S/C24H27N3/c1-19-10-4-7-13-22(19)25-16-26(23-14-8-5-11-20(23)2)18-27(17-25)24-15-9-6-12-21(24)3/h4-15H,16-18H2,1-3H3. The maximum Gasteiger partial charge on any atom is 0.0937 e. The van der Waals surface area contributed by atoms with E-state index in [1.54, 1.807) is 0 Å². The molecule has 3 aromatic rings. The van der Waals surface area contributed by atoms with Crippen molar-refractivity contribution in [2.24, 2.45) is 0 Å². The minimum atomic E-state index is 0.887. The van der Waals surface area contributed by atoms with E-state index in [1.165, 1.54) is 33.8 Å². The molecule has 3 nitrogen and oxygen atoms in total. The first-order valence-electron chi connectivity index (χ1n) is 9.55. The monoisotopic (exact) mass is 357 g/mol. The summed E-state index contributed by atoms with van der Waals surface area (Å²) >= 11 is 0. The molecule has 0 spiro atoms. The number of nitrogens with zero attached hydrogens (tertiary/aromatic N) is 3. The van der Waals surface area contributed by atoms with E-state index in [9.17, 15) is 0 Å². The molecule has 0 aromatic heterocycles. The fourth-order valence-corrected chi connectivity index (χ4v) is 3.96. The minimum absolute atomic E-state index is 0.887. The fourth-order valence-electron chi connectivity index (χ4n) is 3.96. The highest BCUT2D eigenvalue weighted by atomic mass is 15.5. The average Bonchev–Trinajstić information content (AvgIpc) is 2.69. The summed E-state index contributed by atoms with van der Waals surface area (Å²) in [5, 5.41) is 0. The van der Waals surface area contributed by atoms with E-state index in [-0.39, 0.29) is 0 Å². The predicted octanol–water partition coefficient (Wildman–Crippen LogP) is 5.32. The molecule has 1 saturated heterocycles. The molecule has 0 aliphatic carbocycles. The Morgan fingerprint density at radius 2 is 0.704 bits per heavy atom. The van der Waals surface area contributed by atoms with Crippen LogP contribution in [0.3, 0.4) is 0 Å². The molecule has 1 aliphatic heterocycles. The quantitative estimate of drug-likeness (QED) is 0.628. The van der Waals surface area contributed by atoms with Gasteiger partial charge in [-0.3, -0.25) is 0 Å². The van der Waals surface area contributed by atoms with Crippen LogP contribution in [0, 0.1) is 20.8 Å². The SMILES string of the molecule is Cc1ccccc1N1CN(c2ccccc2C)CN(c2ccccc2C)C1. The van der Waals surface area contributed by atoms with Gasteiger partial charge in [0.1, 0.15) is 0 Å². The van der Waals surface area contributed by atoms with Gasteiger partial charge in [-0.1, -0.05) is 54.6 Å². The molecule has 0 saturated carbocycles. The molecule has 0 atom stereocenters. The molecule has 3 aromatic carbocycles. The van der Waals surface area contributed by atoms with Crippen molar-refractivity contribution >= 4 is 17.1 Å². The summed E-state index contributed by atoms with van der Waals surface area (Å²) in [5.41, 5.74) is 7.84. The van der Waals surface area contributed by atoms with Crippen LogP contribution in [0.5, 0.6) is 0 Å². The van der Waals surface area contributed by atoms with Gasteiger partial charge in [-0.2, -0.15) is 0 Å². The molecule has 1 fully saturated rings.